The van der Waals surface area contributed by atoms with Crippen molar-refractivity contribution in [3.8, 4) is 0 Å². The van der Waals surface area contributed by atoms with E-state index in [0.29, 0.717) is 23.0 Å². The standard InChI is InChI=1S/C11H18BrNS2/c1-7(2)8(3)15-11(5-13)10-4-9(12)6-14-10/h4,6-8,11H,5,13H2,1-3H3. The fourth-order valence-electron chi connectivity index (χ4n) is 1.15. The molecule has 2 atom stereocenters. The highest BCUT2D eigenvalue weighted by Gasteiger charge is 2.18. The van der Waals surface area contributed by atoms with Crippen LogP contribution in [0.3, 0.4) is 0 Å². The van der Waals surface area contributed by atoms with E-state index in [0.717, 1.165) is 0 Å². The van der Waals surface area contributed by atoms with Crippen LogP contribution in [-0.4, -0.2) is 11.8 Å². The van der Waals surface area contributed by atoms with Crippen LogP contribution in [0.5, 0.6) is 0 Å². The molecule has 0 saturated heterocycles. The molecule has 0 bridgehead atoms. The zero-order valence-corrected chi connectivity index (χ0v) is 12.6. The number of hydrogen-bond acceptors (Lipinski definition) is 3. The van der Waals surface area contributed by atoms with Crippen LogP contribution in [0.25, 0.3) is 0 Å². The smallest absolute Gasteiger partial charge is 0.0516 e. The summed E-state index contributed by atoms with van der Waals surface area (Å²) in [7, 11) is 0. The molecule has 1 rings (SSSR count). The van der Waals surface area contributed by atoms with Crippen LogP contribution in [0.2, 0.25) is 0 Å². The van der Waals surface area contributed by atoms with Gasteiger partial charge in [0.15, 0.2) is 0 Å². The van der Waals surface area contributed by atoms with Crippen LogP contribution in [0.15, 0.2) is 15.9 Å². The second kappa shape index (κ2) is 6.28. The van der Waals surface area contributed by atoms with Crippen LogP contribution < -0.4 is 5.73 Å². The highest BCUT2D eigenvalue weighted by molar-refractivity contribution is 9.10. The summed E-state index contributed by atoms with van der Waals surface area (Å²) in [5, 5.41) is 3.22. The van der Waals surface area contributed by atoms with E-state index in [9.17, 15) is 0 Å². The largest absolute Gasteiger partial charge is 0.329 e. The lowest BCUT2D eigenvalue weighted by molar-refractivity contribution is 0.639. The summed E-state index contributed by atoms with van der Waals surface area (Å²) in [4.78, 5) is 1.38. The molecule has 0 radical (unpaired) electrons. The van der Waals surface area contributed by atoms with Crippen LogP contribution in [-0.2, 0) is 0 Å². The minimum Gasteiger partial charge on any atom is -0.329 e. The Bertz CT molecular complexity index is 299. The monoisotopic (exact) mass is 307 g/mol. The third-order valence-electron chi connectivity index (χ3n) is 2.44. The van der Waals surface area contributed by atoms with Gasteiger partial charge < -0.3 is 5.73 Å². The van der Waals surface area contributed by atoms with Gasteiger partial charge in [0.1, 0.15) is 0 Å². The average molecular weight is 308 g/mol. The van der Waals surface area contributed by atoms with Crippen molar-refractivity contribution in [2.24, 2.45) is 11.7 Å². The lowest BCUT2D eigenvalue weighted by Gasteiger charge is -2.21. The van der Waals surface area contributed by atoms with Crippen molar-refractivity contribution in [2.75, 3.05) is 6.54 Å². The molecule has 0 fully saturated rings. The minimum absolute atomic E-state index is 0.443. The van der Waals surface area contributed by atoms with Crippen LogP contribution in [0, 0.1) is 5.92 Å². The van der Waals surface area contributed by atoms with Gasteiger partial charge in [-0.15, -0.1) is 23.1 Å². The first-order valence-electron chi connectivity index (χ1n) is 5.14. The summed E-state index contributed by atoms with van der Waals surface area (Å²) >= 11 is 7.26. The maximum absolute atomic E-state index is 5.83. The summed E-state index contributed by atoms with van der Waals surface area (Å²) in [5.74, 6) is 0.701. The molecule has 0 aliphatic carbocycles. The van der Waals surface area contributed by atoms with Gasteiger partial charge in [0, 0.05) is 26.5 Å². The number of hydrogen-bond donors (Lipinski definition) is 1. The maximum atomic E-state index is 5.83. The number of halogens is 1. The summed E-state index contributed by atoms with van der Waals surface area (Å²) in [6.45, 7) is 7.51. The van der Waals surface area contributed by atoms with Crippen molar-refractivity contribution in [1.82, 2.24) is 0 Å². The molecule has 1 aromatic rings. The third kappa shape index (κ3) is 4.10. The van der Waals surface area contributed by atoms with Crippen molar-refractivity contribution < 1.29 is 0 Å². The van der Waals surface area contributed by atoms with Crippen molar-refractivity contribution in [2.45, 2.75) is 31.3 Å². The molecule has 4 heteroatoms. The Kier molecular flexibility index (Phi) is 5.68. The van der Waals surface area contributed by atoms with Crippen molar-refractivity contribution in [1.29, 1.82) is 0 Å². The van der Waals surface area contributed by atoms with Gasteiger partial charge in [-0.3, -0.25) is 0 Å². The molecule has 86 valence electrons. The Morgan fingerprint density at radius 3 is 2.53 bits per heavy atom. The van der Waals surface area contributed by atoms with E-state index in [1.807, 2.05) is 11.8 Å². The van der Waals surface area contributed by atoms with Crippen LogP contribution in [0.1, 0.15) is 30.9 Å². The molecule has 0 aromatic carbocycles. The molecule has 1 aromatic heterocycles. The Balaban J connectivity index is 2.64. The van der Waals surface area contributed by atoms with E-state index in [2.05, 4.69) is 48.1 Å². The quantitative estimate of drug-likeness (QED) is 0.878. The van der Waals surface area contributed by atoms with Crippen molar-refractivity contribution in [3.63, 3.8) is 0 Å². The van der Waals surface area contributed by atoms with Crippen LogP contribution >= 0.6 is 39.0 Å². The van der Waals surface area contributed by atoms with Gasteiger partial charge in [0.2, 0.25) is 0 Å². The van der Waals surface area contributed by atoms with E-state index in [4.69, 9.17) is 5.73 Å². The fraction of sp³-hybridized carbons (Fsp3) is 0.636. The van der Waals surface area contributed by atoms with Gasteiger partial charge in [0.25, 0.3) is 0 Å². The molecule has 1 nitrogen and oxygen atoms in total. The molecule has 1 heterocycles. The predicted octanol–water partition coefficient (Wildman–Crippen LogP) is 4.29. The molecule has 2 N–H and O–H groups in total. The van der Waals surface area contributed by atoms with E-state index < -0.39 is 0 Å². The molecule has 0 spiro atoms. The first-order valence-corrected chi connectivity index (χ1v) is 7.75. The van der Waals surface area contributed by atoms with Gasteiger partial charge in [0.05, 0.1) is 5.25 Å². The fourth-order valence-corrected chi connectivity index (χ4v) is 4.07. The Labute approximate surface area is 109 Å². The average Bonchev–Trinajstić information content (AvgIpc) is 2.60. The maximum Gasteiger partial charge on any atom is 0.0516 e. The van der Waals surface area contributed by atoms with E-state index >= 15 is 0 Å². The Morgan fingerprint density at radius 1 is 1.47 bits per heavy atom. The lowest BCUT2D eigenvalue weighted by atomic mass is 10.2. The van der Waals surface area contributed by atoms with Gasteiger partial charge in [-0.2, -0.15) is 0 Å². The Hall–Kier alpha value is 0.490. The minimum atomic E-state index is 0.443. The highest BCUT2D eigenvalue weighted by Crippen LogP contribution is 2.38. The van der Waals surface area contributed by atoms with Crippen molar-refractivity contribution >= 4 is 39.0 Å². The topological polar surface area (TPSA) is 26.0 Å². The first kappa shape index (κ1) is 13.6. The van der Waals surface area contributed by atoms with Gasteiger partial charge in [-0.05, 0) is 27.9 Å². The number of nitrogens with two attached hydrogens (primary N) is 1. The number of thioether (sulfide) groups is 1. The van der Waals surface area contributed by atoms with E-state index in [1.165, 1.54) is 9.35 Å². The third-order valence-corrected chi connectivity index (χ3v) is 6.14. The second-order valence-corrected chi connectivity index (χ2v) is 7.42. The molecule has 0 saturated carbocycles. The molecule has 15 heavy (non-hydrogen) atoms. The first-order chi connectivity index (χ1) is 7.04. The van der Waals surface area contributed by atoms with Crippen molar-refractivity contribution in [3.05, 3.63) is 20.8 Å². The lowest BCUT2D eigenvalue weighted by Crippen LogP contribution is -2.14. The Morgan fingerprint density at radius 2 is 2.13 bits per heavy atom. The molecule has 0 aliphatic heterocycles. The SMILES string of the molecule is CC(C)C(C)SC(CN)c1cc(Br)cs1. The zero-order valence-electron chi connectivity index (χ0n) is 9.37. The van der Waals surface area contributed by atoms with Gasteiger partial charge >= 0.3 is 0 Å². The molecule has 2 unspecified atom stereocenters. The van der Waals surface area contributed by atoms with E-state index in [1.54, 1.807) is 11.3 Å². The van der Waals surface area contributed by atoms with Gasteiger partial charge in [-0.1, -0.05) is 20.8 Å². The van der Waals surface area contributed by atoms with Gasteiger partial charge in [-0.25, -0.2) is 0 Å². The molecular weight excluding hydrogens is 290 g/mol. The molecule has 0 aliphatic rings. The summed E-state index contributed by atoms with van der Waals surface area (Å²) < 4.78 is 1.17. The number of thiophene rings is 1. The molecule has 0 amide bonds. The summed E-state index contributed by atoms with van der Waals surface area (Å²) in [5.41, 5.74) is 5.83. The predicted molar refractivity (Wildman–Crippen MR) is 75.7 cm³/mol. The normalized spacial score (nSPS) is 15.6. The van der Waals surface area contributed by atoms with Crippen LogP contribution in [0.4, 0.5) is 0 Å². The second-order valence-electron chi connectivity index (χ2n) is 3.98. The zero-order chi connectivity index (χ0) is 11.4. The molecular formula is C11H18BrNS2. The number of rotatable bonds is 5. The summed E-state index contributed by atoms with van der Waals surface area (Å²) in [6.07, 6.45) is 0. The van der Waals surface area contributed by atoms with E-state index in [-0.39, 0.29) is 0 Å². The highest BCUT2D eigenvalue weighted by atomic mass is 79.9. The summed E-state index contributed by atoms with van der Waals surface area (Å²) in [6, 6.07) is 2.18.